The second-order valence-corrected chi connectivity index (χ2v) is 8.11. The van der Waals surface area contributed by atoms with Gasteiger partial charge in [0.15, 0.2) is 0 Å². The molecule has 1 aromatic heterocycles. The maximum Gasteiger partial charge on any atom is 0.263 e. The number of aromatic nitrogens is 1. The van der Waals surface area contributed by atoms with E-state index in [-0.39, 0.29) is 11.4 Å². The van der Waals surface area contributed by atoms with Crippen LogP contribution in [0.1, 0.15) is 58.5 Å². The molecule has 0 aliphatic heterocycles. The Morgan fingerprint density at radius 3 is 2.45 bits per heavy atom. The number of aryl methyl sites for hydroxylation is 1. The molecule has 1 heterocycles. The molecule has 0 bridgehead atoms. The average Bonchev–Trinajstić information content (AvgIpc) is 3.13. The van der Waals surface area contributed by atoms with Crippen LogP contribution in [0.15, 0.2) is 28.7 Å². The molecule has 1 aliphatic carbocycles. The Balaban J connectivity index is 1.81. The van der Waals surface area contributed by atoms with Gasteiger partial charge in [0.05, 0.1) is 16.2 Å². The first-order chi connectivity index (χ1) is 10.4. The van der Waals surface area contributed by atoms with E-state index in [1.54, 1.807) is 0 Å². The van der Waals surface area contributed by atoms with Crippen molar-refractivity contribution in [2.24, 2.45) is 0 Å². The third kappa shape index (κ3) is 2.97. The van der Waals surface area contributed by atoms with E-state index in [0.717, 1.165) is 32.9 Å². The van der Waals surface area contributed by atoms with Crippen molar-refractivity contribution < 1.29 is 4.79 Å². The number of benzene rings is 1. The smallest absolute Gasteiger partial charge is 0.263 e. The van der Waals surface area contributed by atoms with Gasteiger partial charge < -0.3 is 5.32 Å². The molecule has 22 heavy (non-hydrogen) atoms. The SMILES string of the molecule is Cc1nc(C(C)C)sc1C(=O)NC1(c2ccc(Br)cc2)CC1. The monoisotopic (exact) mass is 378 g/mol. The van der Waals surface area contributed by atoms with Gasteiger partial charge in [-0.3, -0.25) is 4.79 Å². The van der Waals surface area contributed by atoms with Crippen LogP contribution in [-0.2, 0) is 5.54 Å². The highest BCUT2D eigenvalue weighted by molar-refractivity contribution is 9.10. The first kappa shape index (κ1) is 15.7. The van der Waals surface area contributed by atoms with Gasteiger partial charge in [0.25, 0.3) is 5.91 Å². The number of hydrogen-bond donors (Lipinski definition) is 1. The normalized spacial score (nSPS) is 15.9. The van der Waals surface area contributed by atoms with E-state index in [4.69, 9.17) is 0 Å². The molecule has 1 N–H and O–H groups in total. The van der Waals surface area contributed by atoms with Crippen molar-refractivity contribution in [1.29, 1.82) is 0 Å². The molecule has 2 aromatic rings. The molecule has 1 amide bonds. The number of thiazole rings is 1. The third-order valence-corrected chi connectivity index (χ3v) is 6.00. The van der Waals surface area contributed by atoms with Crippen LogP contribution in [0.2, 0.25) is 0 Å². The highest BCUT2D eigenvalue weighted by Gasteiger charge is 2.46. The molecule has 3 nitrogen and oxygen atoms in total. The van der Waals surface area contributed by atoms with E-state index in [9.17, 15) is 4.79 Å². The van der Waals surface area contributed by atoms with Crippen molar-refractivity contribution in [3.63, 3.8) is 0 Å². The summed E-state index contributed by atoms with van der Waals surface area (Å²) in [6.07, 6.45) is 1.99. The largest absolute Gasteiger partial charge is 0.342 e. The number of rotatable bonds is 4. The summed E-state index contributed by atoms with van der Waals surface area (Å²) in [6.45, 7) is 6.12. The number of carbonyl (C=O) groups excluding carboxylic acids is 1. The van der Waals surface area contributed by atoms with E-state index in [0.29, 0.717) is 5.92 Å². The summed E-state index contributed by atoms with van der Waals surface area (Å²) in [7, 11) is 0. The molecule has 0 radical (unpaired) electrons. The Bertz CT molecular complexity index is 702. The highest BCUT2D eigenvalue weighted by atomic mass is 79.9. The Kier molecular flexibility index (Phi) is 4.12. The number of nitrogens with one attached hydrogen (secondary N) is 1. The lowest BCUT2D eigenvalue weighted by molar-refractivity contribution is 0.0934. The minimum absolute atomic E-state index is 0.00215. The van der Waals surface area contributed by atoms with Gasteiger partial charge in [-0.2, -0.15) is 0 Å². The van der Waals surface area contributed by atoms with Crippen LogP contribution in [0.4, 0.5) is 0 Å². The zero-order valence-corrected chi connectivity index (χ0v) is 15.3. The summed E-state index contributed by atoms with van der Waals surface area (Å²) < 4.78 is 1.05. The molecule has 0 saturated heterocycles. The van der Waals surface area contributed by atoms with Crippen LogP contribution < -0.4 is 5.32 Å². The fourth-order valence-electron chi connectivity index (χ4n) is 2.53. The molecule has 1 fully saturated rings. The first-order valence-electron chi connectivity index (χ1n) is 7.47. The number of carbonyl (C=O) groups is 1. The minimum Gasteiger partial charge on any atom is -0.342 e. The van der Waals surface area contributed by atoms with Gasteiger partial charge in [0.2, 0.25) is 0 Å². The number of amides is 1. The molecular weight excluding hydrogens is 360 g/mol. The maximum atomic E-state index is 12.6. The lowest BCUT2D eigenvalue weighted by atomic mass is 10.0. The predicted molar refractivity (Wildman–Crippen MR) is 93.5 cm³/mol. The summed E-state index contributed by atoms with van der Waals surface area (Å²) in [5.41, 5.74) is 1.82. The quantitative estimate of drug-likeness (QED) is 0.833. The molecule has 0 unspecified atom stereocenters. The molecule has 1 aliphatic rings. The Labute approximate surface area is 143 Å². The summed E-state index contributed by atoms with van der Waals surface area (Å²) in [5, 5.41) is 4.25. The predicted octanol–water partition coefficient (Wildman–Crippen LogP) is 4.76. The fraction of sp³-hybridized carbons (Fsp3) is 0.412. The van der Waals surface area contributed by atoms with E-state index < -0.39 is 0 Å². The zero-order valence-electron chi connectivity index (χ0n) is 12.9. The van der Waals surface area contributed by atoms with Crippen molar-refractivity contribution in [1.82, 2.24) is 10.3 Å². The number of nitrogens with zero attached hydrogens (tertiary/aromatic N) is 1. The minimum atomic E-state index is -0.188. The van der Waals surface area contributed by atoms with Gasteiger partial charge in [-0.15, -0.1) is 11.3 Å². The summed E-state index contributed by atoms with van der Waals surface area (Å²) in [6, 6.07) is 8.21. The van der Waals surface area contributed by atoms with E-state index in [1.165, 1.54) is 16.9 Å². The lowest BCUT2D eigenvalue weighted by Gasteiger charge is -2.17. The molecule has 0 atom stereocenters. The van der Waals surface area contributed by atoms with Gasteiger partial charge in [-0.1, -0.05) is 41.9 Å². The van der Waals surface area contributed by atoms with Gasteiger partial charge in [0.1, 0.15) is 4.88 Å². The number of halogens is 1. The van der Waals surface area contributed by atoms with Crippen molar-refractivity contribution in [3.8, 4) is 0 Å². The Morgan fingerprint density at radius 1 is 1.32 bits per heavy atom. The van der Waals surface area contributed by atoms with Crippen LogP contribution in [0, 0.1) is 6.92 Å². The molecular formula is C17H19BrN2OS. The molecule has 0 spiro atoms. The molecule has 1 aromatic carbocycles. The zero-order chi connectivity index (χ0) is 15.9. The molecule has 3 rings (SSSR count). The van der Waals surface area contributed by atoms with Crippen LogP contribution in [0.5, 0.6) is 0 Å². The maximum absolute atomic E-state index is 12.6. The fourth-order valence-corrected chi connectivity index (χ4v) is 3.76. The van der Waals surface area contributed by atoms with Crippen LogP contribution in [0.25, 0.3) is 0 Å². The van der Waals surface area contributed by atoms with Crippen molar-refractivity contribution >= 4 is 33.2 Å². The topological polar surface area (TPSA) is 42.0 Å². The molecule has 5 heteroatoms. The average molecular weight is 379 g/mol. The van der Waals surface area contributed by atoms with Crippen LogP contribution in [0.3, 0.4) is 0 Å². The van der Waals surface area contributed by atoms with Crippen molar-refractivity contribution in [3.05, 3.63) is 49.9 Å². The lowest BCUT2D eigenvalue weighted by Crippen LogP contribution is -2.34. The van der Waals surface area contributed by atoms with Crippen LogP contribution >= 0.6 is 27.3 Å². The van der Waals surface area contributed by atoms with E-state index in [1.807, 2.05) is 19.1 Å². The van der Waals surface area contributed by atoms with E-state index >= 15 is 0 Å². The Morgan fingerprint density at radius 2 is 1.95 bits per heavy atom. The van der Waals surface area contributed by atoms with Gasteiger partial charge in [0, 0.05) is 10.4 Å². The molecule has 1 saturated carbocycles. The third-order valence-electron chi connectivity index (χ3n) is 4.01. The first-order valence-corrected chi connectivity index (χ1v) is 9.08. The van der Waals surface area contributed by atoms with Gasteiger partial charge in [-0.25, -0.2) is 4.98 Å². The summed E-state index contributed by atoms with van der Waals surface area (Å²) >= 11 is 4.96. The molecule has 116 valence electrons. The summed E-state index contributed by atoms with van der Waals surface area (Å²) in [5.74, 6) is 0.355. The standard InChI is InChI=1S/C17H19BrN2OS/c1-10(2)16-19-11(3)14(22-16)15(21)20-17(8-9-17)12-4-6-13(18)7-5-12/h4-7,10H,8-9H2,1-3H3,(H,20,21). The van der Waals surface area contributed by atoms with Crippen molar-refractivity contribution in [2.45, 2.75) is 45.1 Å². The Hall–Kier alpha value is -1.20. The van der Waals surface area contributed by atoms with Crippen molar-refractivity contribution in [2.75, 3.05) is 0 Å². The van der Waals surface area contributed by atoms with E-state index in [2.05, 4.69) is 52.2 Å². The second kappa shape index (κ2) is 5.78. The second-order valence-electron chi connectivity index (χ2n) is 6.16. The van der Waals surface area contributed by atoms with Gasteiger partial charge >= 0.3 is 0 Å². The summed E-state index contributed by atoms with van der Waals surface area (Å²) in [4.78, 5) is 17.9. The van der Waals surface area contributed by atoms with Crippen LogP contribution in [-0.4, -0.2) is 10.9 Å². The number of hydrogen-bond acceptors (Lipinski definition) is 3. The van der Waals surface area contributed by atoms with Gasteiger partial charge in [-0.05, 0) is 37.5 Å². The highest BCUT2D eigenvalue weighted by Crippen LogP contribution is 2.46.